The number of ether oxygens (including phenoxy) is 4. The van der Waals surface area contributed by atoms with E-state index in [0.717, 1.165) is 114 Å². The Morgan fingerprint density at radius 3 is 0.676 bits per heavy atom. The van der Waals surface area contributed by atoms with Gasteiger partial charge in [-0.1, -0.05) is 396 Å². The van der Waals surface area contributed by atoms with Crippen molar-refractivity contribution in [2.45, 2.75) is 465 Å². The van der Waals surface area contributed by atoms with Crippen LogP contribution in [0.15, 0.2) is 0 Å². The summed E-state index contributed by atoms with van der Waals surface area (Å²) in [5, 5.41) is 10.7. The lowest BCUT2D eigenvalue weighted by molar-refractivity contribution is -0.161. The average molecular weight is 1540 g/mol. The Hall–Kier alpha value is -1.94. The molecular weight excluding hydrogens is 1370 g/mol. The number of aliphatic hydroxyl groups excluding tert-OH is 1. The zero-order valence-electron chi connectivity index (χ0n) is 69.4. The number of rotatable bonds is 83. The maximum Gasteiger partial charge on any atom is 0.472 e. The molecule has 17 nitrogen and oxygen atoms in total. The number of unbranched alkanes of at least 4 members (excludes halogenated alkanes) is 47. The molecule has 0 heterocycles. The quantitative estimate of drug-likeness (QED) is 0.0222. The Kier molecular flexibility index (Phi) is 73.4. The van der Waals surface area contributed by atoms with E-state index >= 15 is 0 Å². The fourth-order valence-electron chi connectivity index (χ4n) is 13.3. The highest BCUT2D eigenvalue weighted by Gasteiger charge is 2.31. The molecule has 0 saturated carbocycles. The summed E-state index contributed by atoms with van der Waals surface area (Å²) >= 11 is 0. The van der Waals surface area contributed by atoms with Gasteiger partial charge in [0.25, 0.3) is 0 Å². The Morgan fingerprint density at radius 1 is 0.267 bits per heavy atom. The predicted octanol–water partition coefficient (Wildman–Crippen LogP) is 25.9. The Morgan fingerprint density at radius 2 is 0.457 bits per heavy atom. The van der Waals surface area contributed by atoms with E-state index in [1.807, 2.05) is 0 Å². The molecule has 5 unspecified atom stereocenters. The highest BCUT2D eigenvalue weighted by molar-refractivity contribution is 7.47. The molecule has 105 heavy (non-hydrogen) atoms. The number of hydrogen-bond donors (Lipinski definition) is 3. The van der Waals surface area contributed by atoms with Crippen molar-refractivity contribution in [1.29, 1.82) is 0 Å². The van der Waals surface area contributed by atoms with Gasteiger partial charge in [0.15, 0.2) is 12.2 Å². The van der Waals surface area contributed by atoms with E-state index in [0.29, 0.717) is 31.6 Å². The lowest BCUT2D eigenvalue weighted by Crippen LogP contribution is -2.30. The minimum atomic E-state index is -4.97. The van der Waals surface area contributed by atoms with Gasteiger partial charge in [-0.05, 0) is 49.4 Å². The van der Waals surface area contributed by atoms with Crippen molar-refractivity contribution in [2.24, 2.45) is 23.7 Å². The van der Waals surface area contributed by atoms with Gasteiger partial charge in [-0.15, -0.1) is 0 Å². The first kappa shape index (κ1) is 103. The van der Waals surface area contributed by atoms with E-state index in [-0.39, 0.29) is 25.7 Å². The molecule has 0 aliphatic heterocycles. The molecule has 0 fully saturated rings. The highest BCUT2D eigenvalue weighted by Crippen LogP contribution is 2.45. The minimum absolute atomic E-state index is 0.107. The van der Waals surface area contributed by atoms with Gasteiger partial charge in [0.1, 0.15) is 19.3 Å². The number of esters is 4. The molecule has 0 bridgehead atoms. The van der Waals surface area contributed by atoms with Crippen LogP contribution in [0.1, 0.15) is 447 Å². The summed E-state index contributed by atoms with van der Waals surface area (Å²) in [6.45, 7) is 14.4. The molecule has 3 N–H and O–H groups in total. The minimum Gasteiger partial charge on any atom is -0.462 e. The van der Waals surface area contributed by atoms with Crippen LogP contribution in [0, 0.1) is 23.7 Å². The molecule has 19 heteroatoms. The smallest absolute Gasteiger partial charge is 0.462 e. The lowest BCUT2D eigenvalue weighted by Gasteiger charge is -2.21. The van der Waals surface area contributed by atoms with E-state index in [2.05, 4.69) is 55.4 Å². The SMILES string of the molecule is CCC(C)CCCCCCCCCCCCCCCCC(=O)OC[C@H](COP(=O)(O)OCC(O)COP(=O)(O)OC[C@@H](COC(=O)CCCCCCCCCC(C)C)OC(=O)CCCCCCCCCCCCCCCCCCC(C)C)OC(=O)CCCCCCCCCCCCCCCCC(C)CC. The van der Waals surface area contributed by atoms with Crippen LogP contribution in [0.5, 0.6) is 0 Å². The van der Waals surface area contributed by atoms with Crippen molar-refractivity contribution in [3.8, 4) is 0 Å². The summed E-state index contributed by atoms with van der Waals surface area (Å²) in [6, 6.07) is 0. The second-order valence-electron chi connectivity index (χ2n) is 32.4. The van der Waals surface area contributed by atoms with Gasteiger partial charge in [0.05, 0.1) is 26.4 Å². The van der Waals surface area contributed by atoms with Crippen LogP contribution in [0.3, 0.4) is 0 Å². The number of carbonyl (C=O) groups is 4. The summed E-state index contributed by atoms with van der Waals surface area (Å²) in [5.74, 6) is 1.10. The Labute approximate surface area is 645 Å². The number of hydrogen-bond acceptors (Lipinski definition) is 15. The molecule has 0 aliphatic rings. The van der Waals surface area contributed by atoms with E-state index < -0.39 is 97.5 Å². The molecule has 0 rings (SSSR count). The molecule has 624 valence electrons. The molecule has 0 saturated heterocycles. The van der Waals surface area contributed by atoms with E-state index in [1.54, 1.807) is 0 Å². The van der Waals surface area contributed by atoms with Gasteiger partial charge in [0, 0.05) is 25.7 Å². The summed E-state index contributed by atoms with van der Waals surface area (Å²) in [6.07, 6.45) is 63.8. The van der Waals surface area contributed by atoms with Crippen molar-refractivity contribution >= 4 is 39.5 Å². The third-order valence-corrected chi connectivity index (χ3v) is 22.7. The first-order chi connectivity index (χ1) is 50.7. The average Bonchev–Trinajstić information content (AvgIpc) is 0.907. The lowest BCUT2D eigenvalue weighted by atomic mass is 9.99. The molecule has 0 aromatic heterocycles. The Bertz CT molecular complexity index is 2050. The van der Waals surface area contributed by atoms with E-state index in [4.69, 9.17) is 37.0 Å². The molecule has 0 radical (unpaired) electrons. The molecule has 0 aromatic carbocycles. The van der Waals surface area contributed by atoms with Gasteiger partial charge >= 0.3 is 39.5 Å². The third-order valence-electron chi connectivity index (χ3n) is 20.8. The molecular formula is C86H168O17P2. The Balaban J connectivity index is 5.24. The fraction of sp³-hybridized carbons (Fsp3) is 0.953. The van der Waals surface area contributed by atoms with Crippen LogP contribution in [0.25, 0.3) is 0 Å². The van der Waals surface area contributed by atoms with Crippen LogP contribution in [0.2, 0.25) is 0 Å². The standard InChI is InChI=1S/C86H168O17P2/c1-9-78(7)64-56-48-40-32-26-20-15-17-22-28-34-42-50-58-66-83(88)96-72-81(102-85(90)69-61-53-44-36-30-24-18-16-21-27-33-41-49-57-65-79(8)10-2)74-100-104(92,93)98-70-80(87)71-99-105(94,95)101-75-82(73-97-84(89)67-59-51-45-37-39-47-55-63-77(5)6)103-86(91)68-60-52-43-35-29-23-14-12-11-13-19-25-31-38-46-54-62-76(3)4/h76-82,87H,9-75H2,1-8H3,(H,92,93)(H,94,95)/t78?,79?,80?,81-,82-/m1/s1. The van der Waals surface area contributed by atoms with Crippen molar-refractivity contribution < 1.29 is 80.2 Å². The number of phosphoric acid groups is 2. The van der Waals surface area contributed by atoms with Gasteiger partial charge in [-0.2, -0.15) is 0 Å². The van der Waals surface area contributed by atoms with Gasteiger partial charge in [-0.3, -0.25) is 37.3 Å². The predicted molar refractivity (Wildman–Crippen MR) is 432 cm³/mol. The van der Waals surface area contributed by atoms with Crippen LogP contribution in [-0.4, -0.2) is 96.7 Å². The first-order valence-electron chi connectivity index (χ1n) is 44.3. The number of phosphoric ester groups is 2. The van der Waals surface area contributed by atoms with E-state index in [1.165, 1.54) is 244 Å². The van der Waals surface area contributed by atoms with Gasteiger partial charge in [-0.25, -0.2) is 9.13 Å². The summed E-state index contributed by atoms with van der Waals surface area (Å²) in [7, 11) is -9.93. The van der Waals surface area contributed by atoms with Crippen molar-refractivity contribution in [3.05, 3.63) is 0 Å². The second kappa shape index (κ2) is 74.8. The molecule has 7 atom stereocenters. The molecule has 0 aromatic rings. The maximum atomic E-state index is 13.1. The van der Waals surface area contributed by atoms with Crippen LogP contribution in [0.4, 0.5) is 0 Å². The molecule has 0 amide bonds. The third kappa shape index (κ3) is 77.2. The van der Waals surface area contributed by atoms with Crippen LogP contribution >= 0.6 is 15.6 Å². The first-order valence-corrected chi connectivity index (χ1v) is 47.3. The zero-order valence-corrected chi connectivity index (χ0v) is 71.2. The number of aliphatic hydroxyl groups is 1. The molecule has 0 spiro atoms. The van der Waals surface area contributed by atoms with Crippen LogP contribution < -0.4 is 0 Å². The highest BCUT2D eigenvalue weighted by atomic mass is 31.2. The number of carbonyl (C=O) groups excluding carboxylic acids is 4. The summed E-state index contributed by atoms with van der Waals surface area (Å²) in [5.41, 5.74) is 0. The summed E-state index contributed by atoms with van der Waals surface area (Å²) in [4.78, 5) is 73.2. The van der Waals surface area contributed by atoms with E-state index in [9.17, 15) is 43.2 Å². The van der Waals surface area contributed by atoms with Crippen LogP contribution in [-0.2, 0) is 65.4 Å². The molecule has 0 aliphatic carbocycles. The van der Waals surface area contributed by atoms with Crippen molar-refractivity contribution in [1.82, 2.24) is 0 Å². The van der Waals surface area contributed by atoms with Crippen molar-refractivity contribution in [3.63, 3.8) is 0 Å². The second-order valence-corrected chi connectivity index (χ2v) is 35.3. The maximum absolute atomic E-state index is 13.1. The monoisotopic (exact) mass is 1540 g/mol. The van der Waals surface area contributed by atoms with Gasteiger partial charge in [0.2, 0.25) is 0 Å². The van der Waals surface area contributed by atoms with Gasteiger partial charge < -0.3 is 33.8 Å². The summed E-state index contributed by atoms with van der Waals surface area (Å²) < 4.78 is 68.9. The fourth-order valence-corrected chi connectivity index (χ4v) is 14.8. The zero-order chi connectivity index (χ0) is 77.4. The normalized spacial score (nSPS) is 14.4. The largest absolute Gasteiger partial charge is 0.472 e. The van der Waals surface area contributed by atoms with Crippen molar-refractivity contribution in [2.75, 3.05) is 39.6 Å². The topological polar surface area (TPSA) is 237 Å².